The molecule has 0 aliphatic carbocycles. The lowest BCUT2D eigenvalue weighted by atomic mass is 9.88. The van der Waals surface area contributed by atoms with Crippen molar-refractivity contribution >= 4 is 0 Å². The molecule has 1 heterocycles. The predicted molar refractivity (Wildman–Crippen MR) is 63.9 cm³/mol. The zero-order valence-corrected chi connectivity index (χ0v) is 10.4. The molecule has 15 heavy (non-hydrogen) atoms. The van der Waals surface area contributed by atoms with Gasteiger partial charge >= 0.3 is 0 Å². The van der Waals surface area contributed by atoms with Crippen molar-refractivity contribution in [3.8, 4) is 0 Å². The zero-order valence-electron chi connectivity index (χ0n) is 10.4. The summed E-state index contributed by atoms with van der Waals surface area (Å²) in [6.07, 6.45) is 5.48. The Hall–Kier alpha value is -0.830. The van der Waals surface area contributed by atoms with E-state index in [0.717, 1.165) is 25.8 Å². The Morgan fingerprint density at radius 1 is 1.33 bits per heavy atom. The van der Waals surface area contributed by atoms with E-state index in [1.165, 1.54) is 11.3 Å². The van der Waals surface area contributed by atoms with Crippen LogP contribution in [0.1, 0.15) is 44.9 Å². The fraction of sp³-hybridized carbons (Fsp3) is 0.750. The number of aromatic nitrogens is 2. The lowest BCUT2D eigenvalue weighted by Gasteiger charge is -2.17. The van der Waals surface area contributed by atoms with Crippen LogP contribution < -0.4 is 5.73 Å². The van der Waals surface area contributed by atoms with Crippen LogP contribution in [-0.4, -0.2) is 16.3 Å². The molecule has 0 radical (unpaired) electrons. The third kappa shape index (κ3) is 3.34. The molecular weight excluding hydrogens is 186 g/mol. The van der Waals surface area contributed by atoms with Crippen LogP contribution in [0, 0.1) is 0 Å². The van der Waals surface area contributed by atoms with Gasteiger partial charge in [0.2, 0.25) is 0 Å². The fourth-order valence-corrected chi connectivity index (χ4v) is 1.81. The molecule has 86 valence electrons. The number of unbranched alkanes of at least 4 members (excludes halogenated alkanes) is 1. The second kappa shape index (κ2) is 4.79. The highest BCUT2D eigenvalue weighted by Gasteiger charge is 2.21. The van der Waals surface area contributed by atoms with Gasteiger partial charge in [-0.15, -0.1) is 0 Å². The Balaban J connectivity index is 2.78. The van der Waals surface area contributed by atoms with E-state index < -0.39 is 0 Å². The summed E-state index contributed by atoms with van der Waals surface area (Å²) in [6.45, 7) is 7.41. The second-order valence-electron chi connectivity index (χ2n) is 5.17. The van der Waals surface area contributed by atoms with Gasteiger partial charge in [0.05, 0.1) is 5.69 Å². The first-order chi connectivity index (χ1) is 6.95. The monoisotopic (exact) mass is 209 g/mol. The summed E-state index contributed by atoms with van der Waals surface area (Å²) in [5.41, 5.74) is 8.24. The van der Waals surface area contributed by atoms with Gasteiger partial charge in [0, 0.05) is 18.7 Å². The maximum Gasteiger partial charge on any atom is 0.0709 e. The van der Waals surface area contributed by atoms with Crippen molar-refractivity contribution in [3.05, 3.63) is 17.5 Å². The van der Waals surface area contributed by atoms with Gasteiger partial charge in [-0.05, 0) is 31.4 Å². The summed E-state index contributed by atoms with van der Waals surface area (Å²) < 4.78 is 1.92. The van der Waals surface area contributed by atoms with Gasteiger partial charge in [0.1, 0.15) is 0 Å². The molecule has 0 atom stereocenters. The van der Waals surface area contributed by atoms with Gasteiger partial charge in [-0.3, -0.25) is 4.68 Å². The number of hydrogen-bond donors (Lipinski definition) is 1. The van der Waals surface area contributed by atoms with Crippen LogP contribution in [0.5, 0.6) is 0 Å². The molecule has 3 heteroatoms. The molecule has 0 fully saturated rings. The maximum absolute atomic E-state index is 5.50. The van der Waals surface area contributed by atoms with Gasteiger partial charge in [-0.2, -0.15) is 5.10 Å². The van der Waals surface area contributed by atoms with E-state index in [1.807, 2.05) is 11.7 Å². The SMILES string of the molecule is Cn1cc(CCCCN)c(C(C)(C)C)n1. The van der Waals surface area contributed by atoms with Gasteiger partial charge in [0.25, 0.3) is 0 Å². The molecule has 0 aromatic carbocycles. The lowest BCUT2D eigenvalue weighted by molar-refractivity contribution is 0.546. The van der Waals surface area contributed by atoms with E-state index in [-0.39, 0.29) is 5.41 Å². The van der Waals surface area contributed by atoms with Crippen LogP contribution in [0.2, 0.25) is 0 Å². The molecule has 0 amide bonds. The molecule has 1 aromatic heterocycles. The highest BCUT2D eigenvalue weighted by molar-refractivity contribution is 5.24. The van der Waals surface area contributed by atoms with E-state index in [4.69, 9.17) is 5.73 Å². The Morgan fingerprint density at radius 3 is 2.53 bits per heavy atom. The van der Waals surface area contributed by atoms with Crippen molar-refractivity contribution in [2.45, 2.75) is 45.4 Å². The maximum atomic E-state index is 5.50. The first-order valence-electron chi connectivity index (χ1n) is 5.68. The molecule has 0 spiro atoms. The number of nitrogens with two attached hydrogens (primary N) is 1. The van der Waals surface area contributed by atoms with Crippen LogP contribution in [0.15, 0.2) is 6.20 Å². The number of aryl methyl sites for hydroxylation is 2. The standard InChI is InChI=1S/C12H23N3/c1-12(2,3)11-10(7-5-6-8-13)9-15(4)14-11/h9H,5-8,13H2,1-4H3. The predicted octanol–water partition coefficient (Wildman–Crippen LogP) is 2.00. The van der Waals surface area contributed by atoms with Crippen LogP contribution in [0.3, 0.4) is 0 Å². The van der Waals surface area contributed by atoms with Gasteiger partial charge in [-0.1, -0.05) is 20.8 Å². The summed E-state index contributed by atoms with van der Waals surface area (Å²) in [4.78, 5) is 0. The molecule has 0 saturated heterocycles. The third-order valence-electron chi connectivity index (χ3n) is 2.52. The molecule has 3 nitrogen and oxygen atoms in total. The number of hydrogen-bond acceptors (Lipinski definition) is 2. The number of nitrogens with zero attached hydrogens (tertiary/aromatic N) is 2. The molecule has 0 aliphatic heterocycles. The first kappa shape index (κ1) is 12.2. The van der Waals surface area contributed by atoms with Crippen molar-refractivity contribution in [2.75, 3.05) is 6.54 Å². The minimum absolute atomic E-state index is 0.138. The zero-order chi connectivity index (χ0) is 11.5. The van der Waals surface area contributed by atoms with Crippen LogP contribution in [0.25, 0.3) is 0 Å². The highest BCUT2D eigenvalue weighted by Crippen LogP contribution is 2.25. The summed E-state index contributed by atoms with van der Waals surface area (Å²) in [5.74, 6) is 0. The van der Waals surface area contributed by atoms with Crippen molar-refractivity contribution in [1.82, 2.24) is 9.78 Å². The second-order valence-corrected chi connectivity index (χ2v) is 5.17. The van der Waals surface area contributed by atoms with E-state index in [1.54, 1.807) is 0 Å². The molecule has 1 rings (SSSR count). The van der Waals surface area contributed by atoms with E-state index >= 15 is 0 Å². The third-order valence-corrected chi connectivity index (χ3v) is 2.52. The fourth-order valence-electron chi connectivity index (χ4n) is 1.81. The summed E-state index contributed by atoms with van der Waals surface area (Å²) in [5, 5.41) is 4.55. The molecule has 0 saturated carbocycles. The smallest absolute Gasteiger partial charge is 0.0709 e. The van der Waals surface area contributed by atoms with Gasteiger partial charge in [-0.25, -0.2) is 0 Å². The topological polar surface area (TPSA) is 43.8 Å². The lowest BCUT2D eigenvalue weighted by Crippen LogP contribution is -2.15. The summed E-state index contributed by atoms with van der Waals surface area (Å²) in [7, 11) is 1.99. The normalized spacial score (nSPS) is 12.1. The highest BCUT2D eigenvalue weighted by atomic mass is 15.3. The molecule has 0 unspecified atom stereocenters. The van der Waals surface area contributed by atoms with Crippen LogP contribution in [-0.2, 0) is 18.9 Å². The van der Waals surface area contributed by atoms with E-state index in [0.29, 0.717) is 0 Å². The Morgan fingerprint density at radius 2 is 2.00 bits per heavy atom. The van der Waals surface area contributed by atoms with E-state index in [9.17, 15) is 0 Å². The molecular formula is C12H23N3. The van der Waals surface area contributed by atoms with E-state index in [2.05, 4.69) is 32.1 Å². The van der Waals surface area contributed by atoms with Crippen molar-refractivity contribution in [1.29, 1.82) is 0 Å². The Kier molecular flexibility index (Phi) is 3.91. The van der Waals surface area contributed by atoms with Gasteiger partial charge < -0.3 is 5.73 Å². The summed E-state index contributed by atoms with van der Waals surface area (Å²) >= 11 is 0. The minimum atomic E-state index is 0.138. The Labute approximate surface area is 92.7 Å². The van der Waals surface area contributed by atoms with Crippen molar-refractivity contribution < 1.29 is 0 Å². The van der Waals surface area contributed by atoms with Crippen molar-refractivity contribution in [3.63, 3.8) is 0 Å². The number of rotatable bonds is 4. The largest absolute Gasteiger partial charge is 0.330 e. The quantitative estimate of drug-likeness (QED) is 0.771. The van der Waals surface area contributed by atoms with Crippen molar-refractivity contribution in [2.24, 2.45) is 12.8 Å². The minimum Gasteiger partial charge on any atom is -0.330 e. The Bertz CT molecular complexity index is 307. The molecule has 2 N–H and O–H groups in total. The molecule has 1 aromatic rings. The van der Waals surface area contributed by atoms with Gasteiger partial charge in [0.15, 0.2) is 0 Å². The summed E-state index contributed by atoms with van der Waals surface area (Å²) in [6, 6.07) is 0. The first-order valence-corrected chi connectivity index (χ1v) is 5.68. The average molecular weight is 209 g/mol. The van der Waals surface area contributed by atoms with Crippen LogP contribution >= 0.6 is 0 Å². The van der Waals surface area contributed by atoms with Crippen LogP contribution in [0.4, 0.5) is 0 Å². The molecule has 0 bridgehead atoms. The average Bonchev–Trinajstić information content (AvgIpc) is 2.47. The molecule has 0 aliphatic rings.